The Morgan fingerprint density at radius 3 is 2.47 bits per heavy atom. The fraction of sp³-hybridized carbons (Fsp3) is 0.273. The fourth-order valence-electron chi connectivity index (χ4n) is 2.85. The molecule has 30 heavy (non-hydrogen) atoms. The summed E-state index contributed by atoms with van der Waals surface area (Å²) in [5, 5.41) is 11.2. The Bertz CT molecular complexity index is 941. The third-order valence-electron chi connectivity index (χ3n) is 4.36. The number of benzene rings is 2. The Morgan fingerprint density at radius 1 is 1.00 bits per heavy atom. The molecule has 0 saturated heterocycles. The lowest BCUT2D eigenvalue weighted by atomic mass is 10.2. The number of nitrogens with one attached hydrogen (secondary N) is 2. The van der Waals surface area contributed by atoms with Crippen LogP contribution in [0.5, 0.6) is 11.5 Å². The van der Waals surface area contributed by atoms with Gasteiger partial charge in [-0.25, -0.2) is 9.67 Å². The third kappa shape index (κ3) is 6.38. The zero-order valence-electron chi connectivity index (χ0n) is 17.5. The first-order chi connectivity index (χ1) is 14.2. The molecule has 0 spiro atoms. The molecule has 0 atom stereocenters. The molecule has 0 radical (unpaired) electrons. The van der Waals surface area contributed by atoms with Gasteiger partial charge in [0.15, 0.2) is 5.96 Å². The molecule has 0 bridgehead atoms. The van der Waals surface area contributed by atoms with Gasteiger partial charge < -0.3 is 20.1 Å². The minimum absolute atomic E-state index is 0. The Labute approximate surface area is 194 Å². The van der Waals surface area contributed by atoms with Crippen molar-refractivity contribution in [3.63, 3.8) is 0 Å². The second-order valence-electron chi connectivity index (χ2n) is 6.31. The van der Waals surface area contributed by atoms with Crippen LogP contribution in [0.4, 0.5) is 0 Å². The molecule has 3 aromatic rings. The monoisotopic (exact) mass is 521 g/mol. The van der Waals surface area contributed by atoms with Crippen molar-refractivity contribution >= 4 is 29.9 Å². The summed E-state index contributed by atoms with van der Waals surface area (Å²) in [5.74, 6) is 2.40. The van der Waals surface area contributed by atoms with Crippen molar-refractivity contribution in [2.75, 3.05) is 20.8 Å². The van der Waals surface area contributed by atoms with Crippen molar-refractivity contribution in [2.45, 2.75) is 20.0 Å². The molecule has 0 amide bonds. The summed E-state index contributed by atoms with van der Waals surface area (Å²) in [6, 6.07) is 17.7. The molecule has 0 aliphatic rings. The van der Waals surface area contributed by atoms with Crippen molar-refractivity contribution in [3.8, 4) is 17.2 Å². The van der Waals surface area contributed by atoms with E-state index in [4.69, 9.17) is 9.47 Å². The first-order valence-corrected chi connectivity index (χ1v) is 9.56. The van der Waals surface area contributed by atoms with Gasteiger partial charge in [0.05, 0.1) is 38.7 Å². The lowest BCUT2D eigenvalue weighted by Crippen LogP contribution is -2.36. The summed E-state index contributed by atoms with van der Waals surface area (Å²) >= 11 is 0. The quantitative estimate of drug-likeness (QED) is 0.269. The number of guanidine groups is 1. The predicted molar refractivity (Wildman–Crippen MR) is 130 cm³/mol. The van der Waals surface area contributed by atoms with Gasteiger partial charge in [-0.2, -0.15) is 5.10 Å². The van der Waals surface area contributed by atoms with E-state index in [1.807, 2.05) is 72.4 Å². The molecule has 0 aliphatic heterocycles. The maximum Gasteiger partial charge on any atom is 0.191 e. The van der Waals surface area contributed by atoms with E-state index in [0.29, 0.717) is 13.1 Å². The van der Waals surface area contributed by atoms with Crippen LogP contribution in [0, 0.1) is 0 Å². The summed E-state index contributed by atoms with van der Waals surface area (Å²) < 4.78 is 12.4. The van der Waals surface area contributed by atoms with Gasteiger partial charge in [0.1, 0.15) is 11.5 Å². The lowest BCUT2D eigenvalue weighted by Gasteiger charge is -2.11. The van der Waals surface area contributed by atoms with Crippen molar-refractivity contribution in [2.24, 2.45) is 4.99 Å². The number of aromatic nitrogens is 2. The highest BCUT2D eigenvalue weighted by molar-refractivity contribution is 14.0. The number of nitrogens with zero attached hydrogens (tertiary/aromatic N) is 3. The van der Waals surface area contributed by atoms with Gasteiger partial charge in [-0.05, 0) is 43.3 Å². The van der Waals surface area contributed by atoms with Crippen molar-refractivity contribution < 1.29 is 9.47 Å². The zero-order valence-corrected chi connectivity index (χ0v) is 19.8. The van der Waals surface area contributed by atoms with Gasteiger partial charge >= 0.3 is 0 Å². The minimum Gasteiger partial charge on any atom is -0.497 e. The number of aliphatic imine (C=N–C) groups is 1. The fourth-order valence-corrected chi connectivity index (χ4v) is 2.85. The van der Waals surface area contributed by atoms with Crippen LogP contribution in [0.15, 0.2) is 65.8 Å². The molecule has 0 saturated carbocycles. The van der Waals surface area contributed by atoms with E-state index in [9.17, 15) is 0 Å². The predicted octanol–water partition coefficient (Wildman–Crippen LogP) is 3.76. The van der Waals surface area contributed by atoms with E-state index in [1.54, 1.807) is 14.2 Å². The molecule has 0 unspecified atom stereocenters. The number of methoxy groups -OCH3 is 2. The molecule has 0 aliphatic carbocycles. The summed E-state index contributed by atoms with van der Waals surface area (Å²) in [6.07, 6.45) is 1.94. The molecule has 1 heterocycles. The Kier molecular flexibility index (Phi) is 9.46. The van der Waals surface area contributed by atoms with Crippen LogP contribution in [0.2, 0.25) is 0 Å². The molecule has 0 fully saturated rings. The molecule has 3 rings (SSSR count). The molecule has 1 aromatic heterocycles. The summed E-state index contributed by atoms with van der Waals surface area (Å²) in [5.41, 5.74) is 2.94. The van der Waals surface area contributed by atoms with Gasteiger partial charge in [0, 0.05) is 18.3 Å². The van der Waals surface area contributed by atoms with Crippen LogP contribution < -0.4 is 20.1 Å². The van der Waals surface area contributed by atoms with Crippen LogP contribution in [0.3, 0.4) is 0 Å². The van der Waals surface area contributed by atoms with E-state index < -0.39 is 0 Å². The summed E-state index contributed by atoms with van der Waals surface area (Å²) in [6.45, 7) is 3.91. The molecule has 160 valence electrons. The Balaban J connectivity index is 0.00000320. The second-order valence-corrected chi connectivity index (χ2v) is 6.31. The molecule has 7 nitrogen and oxygen atoms in total. The van der Waals surface area contributed by atoms with Gasteiger partial charge in [-0.15, -0.1) is 24.0 Å². The first kappa shape index (κ1) is 23.5. The van der Waals surface area contributed by atoms with Crippen LogP contribution >= 0.6 is 24.0 Å². The summed E-state index contributed by atoms with van der Waals surface area (Å²) in [4.78, 5) is 4.66. The maximum atomic E-state index is 5.40. The number of hydrogen-bond donors (Lipinski definition) is 2. The zero-order chi connectivity index (χ0) is 20.5. The van der Waals surface area contributed by atoms with Crippen LogP contribution in [-0.4, -0.2) is 36.5 Å². The average Bonchev–Trinajstić information content (AvgIpc) is 3.25. The highest BCUT2D eigenvalue weighted by atomic mass is 127. The third-order valence-corrected chi connectivity index (χ3v) is 4.36. The van der Waals surface area contributed by atoms with E-state index in [-0.39, 0.29) is 24.0 Å². The molecule has 8 heteroatoms. The average molecular weight is 521 g/mol. The number of halogens is 1. The summed E-state index contributed by atoms with van der Waals surface area (Å²) in [7, 11) is 3.33. The standard InChI is InChI=1S/C22H27N5O2.HI/c1-4-23-22(24-15-17-7-5-6-8-21(17)29-3)25-16-18-13-14-27(26-18)19-9-11-20(28-2)12-10-19;/h5-14H,4,15-16H2,1-3H3,(H2,23,24,25);1H. The second kappa shape index (κ2) is 12.1. The number of hydrogen-bond acceptors (Lipinski definition) is 4. The van der Waals surface area contributed by atoms with Gasteiger partial charge in [-0.1, -0.05) is 18.2 Å². The molecule has 2 aromatic carbocycles. The van der Waals surface area contributed by atoms with Gasteiger partial charge in [0.2, 0.25) is 0 Å². The maximum absolute atomic E-state index is 5.40. The van der Waals surface area contributed by atoms with E-state index in [1.165, 1.54) is 0 Å². The molecular weight excluding hydrogens is 493 g/mol. The van der Waals surface area contributed by atoms with Crippen molar-refractivity contribution in [3.05, 3.63) is 72.1 Å². The number of rotatable bonds is 8. The Hall–Kier alpha value is -2.75. The topological polar surface area (TPSA) is 72.7 Å². The normalized spacial score (nSPS) is 10.8. The smallest absolute Gasteiger partial charge is 0.191 e. The van der Waals surface area contributed by atoms with Gasteiger partial charge in [0.25, 0.3) is 0 Å². The van der Waals surface area contributed by atoms with E-state index >= 15 is 0 Å². The molecule has 2 N–H and O–H groups in total. The van der Waals surface area contributed by atoms with Crippen LogP contribution in [0.25, 0.3) is 5.69 Å². The van der Waals surface area contributed by atoms with Crippen molar-refractivity contribution in [1.82, 2.24) is 20.4 Å². The Morgan fingerprint density at radius 2 is 1.77 bits per heavy atom. The van der Waals surface area contributed by atoms with Gasteiger partial charge in [-0.3, -0.25) is 0 Å². The van der Waals surface area contributed by atoms with Crippen LogP contribution in [-0.2, 0) is 13.1 Å². The number of para-hydroxylation sites is 1. The van der Waals surface area contributed by atoms with E-state index in [0.717, 1.165) is 40.9 Å². The first-order valence-electron chi connectivity index (χ1n) is 9.56. The largest absolute Gasteiger partial charge is 0.497 e. The van der Waals surface area contributed by atoms with Crippen LogP contribution in [0.1, 0.15) is 18.2 Å². The molecular formula is C22H28IN5O2. The highest BCUT2D eigenvalue weighted by Crippen LogP contribution is 2.18. The number of ether oxygens (including phenoxy) is 2. The van der Waals surface area contributed by atoms with Crippen molar-refractivity contribution in [1.29, 1.82) is 0 Å². The SMILES string of the molecule is CCNC(=NCc1ccccc1OC)NCc1ccn(-c2ccc(OC)cc2)n1.I. The lowest BCUT2D eigenvalue weighted by molar-refractivity contribution is 0.410. The van der Waals surface area contributed by atoms with E-state index in [2.05, 4.69) is 20.7 Å². The highest BCUT2D eigenvalue weighted by Gasteiger charge is 2.05. The minimum atomic E-state index is 0.